The predicted molar refractivity (Wildman–Crippen MR) is 313 cm³/mol. The van der Waals surface area contributed by atoms with Gasteiger partial charge >= 0.3 is 0 Å². The number of aliphatic hydroxyl groups is 5. The van der Waals surface area contributed by atoms with E-state index in [-0.39, 0.29) is 12.5 Å². The Labute approximate surface area is 457 Å². The summed E-state index contributed by atoms with van der Waals surface area (Å²) in [5.41, 5.74) is 0. The number of amides is 1. The fourth-order valence-electron chi connectivity index (χ4n) is 10.3. The zero-order valence-corrected chi connectivity index (χ0v) is 48.6. The molecule has 0 aromatic carbocycles. The highest BCUT2D eigenvalue weighted by molar-refractivity contribution is 5.76. The number of aliphatic hydroxyl groups excluding tert-OH is 5. The number of rotatable bonds is 56. The Morgan fingerprint density at radius 3 is 1.14 bits per heavy atom. The van der Waals surface area contributed by atoms with Crippen LogP contribution >= 0.6 is 0 Å². The minimum absolute atomic E-state index is 0.183. The van der Waals surface area contributed by atoms with E-state index >= 15 is 0 Å². The van der Waals surface area contributed by atoms with Crippen LogP contribution in [0.5, 0.6) is 0 Å². The molecular formula is C65H123NO8. The molecule has 9 heteroatoms. The first-order valence-electron chi connectivity index (χ1n) is 32.2. The van der Waals surface area contributed by atoms with E-state index in [0.717, 1.165) is 38.5 Å². The molecule has 0 bridgehead atoms. The second-order valence-electron chi connectivity index (χ2n) is 22.5. The molecule has 1 aliphatic rings. The maximum absolute atomic E-state index is 13.1. The molecule has 0 saturated carbocycles. The van der Waals surface area contributed by atoms with E-state index in [1.807, 2.05) is 6.08 Å². The molecule has 1 heterocycles. The van der Waals surface area contributed by atoms with Crippen LogP contribution in [0.3, 0.4) is 0 Å². The molecule has 0 aromatic heterocycles. The Kier molecular flexibility index (Phi) is 52.1. The van der Waals surface area contributed by atoms with Crippen molar-refractivity contribution in [2.45, 2.75) is 358 Å². The van der Waals surface area contributed by atoms with Gasteiger partial charge in [-0.05, 0) is 57.8 Å². The SMILES string of the molecule is CCCCCCCCCC/C=C\CCCCCCCCCCCCCC(=O)NC(COC1OC(CO)C(O)C(O)C1O)C(O)/C=C/CC/C=C/CCCCCCCCCCCCCCCCCCCCCCCC. The minimum Gasteiger partial charge on any atom is -0.394 e. The summed E-state index contributed by atoms with van der Waals surface area (Å²) in [4.78, 5) is 13.1. The molecule has 1 rings (SSSR count). The van der Waals surface area contributed by atoms with Crippen molar-refractivity contribution in [2.75, 3.05) is 13.2 Å². The average molecular weight is 1050 g/mol. The van der Waals surface area contributed by atoms with Crippen LogP contribution in [0.2, 0.25) is 0 Å². The molecule has 7 unspecified atom stereocenters. The molecule has 0 aromatic rings. The van der Waals surface area contributed by atoms with Crippen LogP contribution in [-0.4, -0.2) is 87.5 Å². The number of ether oxygens (including phenoxy) is 2. The number of carbonyl (C=O) groups is 1. The molecule has 1 fully saturated rings. The molecule has 1 aliphatic heterocycles. The predicted octanol–water partition coefficient (Wildman–Crippen LogP) is 16.7. The summed E-state index contributed by atoms with van der Waals surface area (Å²) >= 11 is 0. The first kappa shape index (κ1) is 70.4. The van der Waals surface area contributed by atoms with Gasteiger partial charge in [-0.3, -0.25) is 4.79 Å². The largest absolute Gasteiger partial charge is 0.394 e. The lowest BCUT2D eigenvalue weighted by molar-refractivity contribution is -0.302. The van der Waals surface area contributed by atoms with Crippen molar-refractivity contribution >= 4 is 5.91 Å². The molecule has 9 nitrogen and oxygen atoms in total. The summed E-state index contributed by atoms with van der Waals surface area (Å²) < 4.78 is 11.3. The lowest BCUT2D eigenvalue weighted by Crippen LogP contribution is -2.60. The molecule has 0 radical (unpaired) electrons. The van der Waals surface area contributed by atoms with Crippen molar-refractivity contribution in [3.63, 3.8) is 0 Å². The summed E-state index contributed by atoms with van der Waals surface area (Å²) in [6, 6.07) is -0.823. The third-order valence-electron chi connectivity index (χ3n) is 15.4. The van der Waals surface area contributed by atoms with Crippen LogP contribution in [0.4, 0.5) is 0 Å². The van der Waals surface area contributed by atoms with Crippen molar-refractivity contribution in [2.24, 2.45) is 0 Å². The summed E-state index contributed by atoms with van der Waals surface area (Å²) in [6.45, 7) is 3.81. The Hall–Kier alpha value is -1.59. The van der Waals surface area contributed by atoms with Gasteiger partial charge in [0.15, 0.2) is 6.29 Å². The van der Waals surface area contributed by atoms with Gasteiger partial charge in [0.05, 0.1) is 25.4 Å². The smallest absolute Gasteiger partial charge is 0.220 e. The summed E-state index contributed by atoms with van der Waals surface area (Å²) in [5, 5.41) is 54.6. The van der Waals surface area contributed by atoms with Gasteiger partial charge in [0.2, 0.25) is 5.91 Å². The van der Waals surface area contributed by atoms with E-state index in [4.69, 9.17) is 9.47 Å². The molecule has 436 valence electrons. The Balaban J connectivity index is 2.19. The van der Waals surface area contributed by atoms with Gasteiger partial charge in [0.1, 0.15) is 24.4 Å². The molecule has 0 aliphatic carbocycles. The fourth-order valence-corrected chi connectivity index (χ4v) is 10.3. The highest BCUT2D eigenvalue weighted by Gasteiger charge is 2.44. The standard InChI is InChI=1S/C65H123NO8/c1-3-5-7-9-11-13-15-17-19-21-23-25-27-28-29-30-31-33-34-36-38-40-42-44-46-48-50-52-54-59(68)58(57-73-65-64(72)63(71)62(70)60(56-67)74-65)66-61(69)55-53-51-49-47-45-43-41-39-37-35-32-26-24-22-20-18-16-14-12-10-8-6-4-2/h22,24,44,46,52,54,58-60,62-65,67-68,70-72H,3-21,23,25-43,45,47-51,53,55-57H2,1-2H3,(H,66,69)/b24-22-,46-44+,54-52+. The molecule has 74 heavy (non-hydrogen) atoms. The fraction of sp³-hybridized carbons (Fsp3) is 0.892. The van der Waals surface area contributed by atoms with Crippen molar-refractivity contribution in [3.8, 4) is 0 Å². The summed E-state index contributed by atoms with van der Waals surface area (Å²) in [7, 11) is 0. The van der Waals surface area contributed by atoms with Gasteiger partial charge in [-0.1, -0.05) is 288 Å². The van der Waals surface area contributed by atoms with Crippen molar-refractivity contribution < 1.29 is 39.8 Å². The number of unbranched alkanes of at least 4 members (excludes halogenated alkanes) is 42. The van der Waals surface area contributed by atoms with Crippen molar-refractivity contribution in [1.29, 1.82) is 0 Å². The van der Waals surface area contributed by atoms with Crippen LogP contribution in [0.15, 0.2) is 36.5 Å². The number of allylic oxidation sites excluding steroid dienone is 5. The van der Waals surface area contributed by atoms with Crippen LogP contribution in [0.1, 0.15) is 316 Å². The third kappa shape index (κ3) is 43.4. The van der Waals surface area contributed by atoms with Crippen molar-refractivity contribution in [1.82, 2.24) is 5.32 Å². The lowest BCUT2D eigenvalue weighted by Gasteiger charge is -2.40. The van der Waals surface area contributed by atoms with E-state index in [9.17, 15) is 30.3 Å². The van der Waals surface area contributed by atoms with E-state index in [2.05, 4.69) is 43.5 Å². The monoisotopic (exact) mass is 1050 g/mol. The zero-order chi connectivity index (χ0) is 53.6. The first-order chi connectivity index (χ1) is 36.3. The van der Waals surface area contributed by atoms with E-state index in [0.29, 0.717) is 6.42 Å². The van der Waals surface area contributed by atoms with Gasteiger partial charge in [0.25, 0.3) is 0 Å². The first-order valence-corrected chi connectivity index (χ1v) is 32.2. The molecule has 1 saturated heterocycles. The Morgan fingerprint density at radius 1 is 0.446 bits per heavy atom. The van der Waals surface area contributed by atoms with Gasteiger partial charge in [-0.2, -0.15) is 0 Å². The molecular weight excluding hydrogens is 923 g/mol. The highest BCUT2D eigenvalue weighted by Crippen LogP contribution is 2.23. The quantitative estimate of drug-likeness (QED) is 0.0261. The topological polar surface area (TPSA) is 149 Å². The van der Waals surface area contributed by atoms with Crippen LogP contribution in [-0.2, 0) is 14.3 Å². The van der Waals surface area contributed by atoms with Gasteiger partial charge in [-0.25, -0.2) is 0 Å². The number of carbonyl (C=O) groups excluding carboxylic acids is 1. The molecule has 6 N–H and O–H groups in total. The molecule has 1 amide bonds. The number of hydrogen-bond donors (Lipinski definition) is 6. The van der Waals surface area contributed by atoms with Crippen LogP contribution < -0.4 is 5.32 Å². The Bertz CT molecular complexity index is 1260. The van der Waals surface area contributed by atoms with Crippen LogP contribution in [0, 0.1) is 0 Å². The maximum atomic E-state index is 13.1. The van der Waals surface area contributed by atoms with Crippen LogP contribution in [0.25, 0.3) is 0 Å². The second-order valence-corrected chi connectivity index (χ2v) is 22.5. The van der Waals surface area contributed by atoms with Gasteiger partial charge in [0, 0.05) is 6.42 Å². The highest BCUT2D eigenvalue weighted by atomic mass is 16.7. The maximum Gasteiger partial charge on any atom is 0.220 e. The van der Waals surface area contributed by atoms with Gasteiger partial charge < -0.3 is 40.3 Å². The zero-order valence-electron chi connectivity index (χ0n) is 48.6. The van der Waals surface area contributed by atoms with E-state index in [1.54, 1.807) is 6.08 Å². The number of nitrogens with one attached hydrogen (secondary N) is 1. The second kappa shape index (κ2) is 54.8. The number of hydrogen-bond acceptors (Lipinski definition) is 8. The normalized spacial score (nSPS) is 19.1. The summed E-state index contributed by atoms with van der Waals surface area (Å²) in [5.74, 6) is -0.183. The van der Waals surface area contributed by atoms with Gasteiger partial charge in [-0.15, -0.1) is 0 Å². The van der Waals surface area contributed by atoms with E-state index < -0.39 is 49.5 Å². The summed E-state index contributed by atoms with van der Waals surface area (Å²) in [6.07, 6.45) is 65.2. The van der Waals surface area contributed by atoms with Crippen molar-refractivity contribution in [3.05, 3.63) is 36.5 Å². The molecule has 0 spiro atoms. The Morgan fingerprint density at radius 2 is 0.770 bits per heavy atom. The lowest BCUT2D eigenvalue weighted by atomic mass is 9.99. The minimum atomic E-state index is -1.57. The van der Waals surface area contributed by atoms with E-state index in [1.165, 1.54) is 257 Å². The third-order valence-corrected chi connectivity index (χ3v) is 15.4. The molecule has 7 atom stereocenters. The average Bonchev–Trinajstić information content (AvgIpc) is 3.40.